The Morgan fingerprint density at radius 2 is 1.85 bits per heavy atom. The lowest BCUT2D eigenvalue weighted by Crippen LogP contribution is -2.14. The van der Waals surface area contributed by atoms with Crippen molar-refractivity contribution in [2.75, 3.05) is 11.1 Å². The lowest BCUT2D eigenvalue weighted by molar-refractivity contribution is -0.113. The second-order valence-electron chi connectivity index (χ2n) is 5.90. The minimum atomic E-state index is -0.316. The minimum absolute atomic E-state index is 0.115. The number of hydrogen-bond acceptors (Lipinski definition) is 5. The number of carbonyl (C=O) groups is 1. The van der Waals surface area contributed by atoms with Crippen LogP contribution in [0.25, 0.3) is 0 Å². The van der Waals surface area contributed by atoms with Crippen LogP contribution in [0.15, 0.2) is 53.7 Å². The Morgan fingerprint density at radius 3 is 2.56 bits per heavy atom. The number of aromatic nitrogens is 3. The summed E-state index contributed by atoms with van der Waals surface area (Å²) in [6.45, 7) is 2.19. The monoisotopic (exact) mass is 386 g/mol. The maximum atomic E-state index is 12.9. The summed E-state index contributed by atoms with van der Waals surface area (Å²) in [5, 5.41) is 11.6. The average Bonchev–Trinajstić information content (AvgIpc) is 3.01. The second-order valence-corrected chi connectivity index (χ2v) is 6.85. The van der Waals surface area contributed by atoms with Crippen LogP contribution in [0.2, 0.25) is 0 Å². The third-order valence-corrected chi connectivity index (χ3v) is 4.79. The van der Waals surface area contributed by atoms with Crippen LogP contribution in [0.1, 0.15) is 11.4 Å². The van der Waals surface area contributed by atoms with E-state index in [-0.39, 0.29) is 24.1 Å². The fraction of sp³-hybridized carbons (Fsp3) is 0.211. The molecule has 0 aliphatic carbocycles. The third-order valence-electron chi connectivity index (χ3n) is 3.77. The van der Waals surface area contributed by atoms with E-state index in [1.54, 1.807) is 16.7 Å². The molecule has 0 unspecified atom stereocenters. The van der Waals surface area contributed by atoms with Crippen molar-refractivity contribution in [1.29, 1.82) is 0 Å². The van der Waals surface area contributed by atoms with Crippen LogP contribution in [-0.4, -0.2) is 26.4 Å². The standard InChI is InChI=1S/C19H19FN4O2S/c1-13-3-7-15(8-4-13)21-18(25)12-27-19-23-22-17(24(19)2)11-26-16-9-5-14(20)6-10-16/h3-10H,11-12H2,1-2H3,(H,21,25). The van der Waals surface area contributed by atoms with Gasteiger partial charge in [-0.15, -0.1) is 10.2 Å². The number of hydrogen-bond donors (Lipinski definition) is 1. The minimum Gasteiger partial charge on any atom is -0.486 e. The zero-order valence-corrected chi connectivity index (χ0v) is 15.8. The Hall–Kier alpha value is -2.87. The van der Waals surface area contributed by atoms with Gasteiger partial charge in [-0.25, -0.2) is 4.39 Å². The van der Waals surface area contributed by atoms with Gasteiger partial charge in [-0.3, -0.25) is 4.79 Å². The summed E-state index contributed by atoms with van der Waals surface area (Å²) in [5.74, 6) is 0.949. The average molecular weight is 386 g/mol. The smallest absolute Gasteiger partial charge is 0.234 e. The molecule has 0 bridgehead atoms. The van der Waals surface area contributed by atoms with Crippen LogP contribution >= 0.6 is 11.8 Å². The van der Waals surface area contributed by atoms with Crippen molar-refractivity contribution in [2.24, 2.45) is 7.05 Å². The fourth-order valence-corrected chi connectivity index (χ4v) is 2.97. The van der Waals surface area contributed by atoms with Crippen molar-refractivity contribution in [3.05, 3.63) is 65.7 Å². The summed E-state index contributed by atoms with van der Waals surface area (Å²) in [6.07, 6.45) is 0. The topological polar surface area (TPSA) is 69.0 Å². The molecule has 2 aromatic carbocycles. The number of anilines is 1. The molecule has 3 rings (SSSR count). The lowest BCUT2D eigenvalue weighted by Gasteiger charge is -2.07. The second kappa shape index (κ2) is 8.68. The number of amides is 1. The summed E-state index contributed by atoms with van der Waals surface area (Å²) in [6, 6.07) is 13.4. The van der Waals surface area contributed by atoms with E-state index in [1.165, 1.54) is 23.9 Å². The van der Waals surface area contributed by atoms with Gasteiger partial charge < -0.3 is 14.6 Å². The molecule has 0 atom stereocenters. The molecule has 0 aliphatic heterocycles. The quantitative estimate of drug-likeness (QED) is 0.629. The summed E-state index contributed by atoms with van der Waals surface area (Å²) >= 11 is 1.29. The highest BCUT2D eigenvalue weighted by Crippen LogP contribution is 2.18. The van der Waals surface area contributed by atoms with Gasteiger partial charge >= 0.3 is 0 Å². The van der Waals surface area contributed by atoms with Crippen LogP contribution in [0.3, 0.4) is 0 Å². The number of carbonyl (C=O) groups excluding carboxylic acids is 1. The molecule has 0 spiro atoms. The Morgan fingerprint density at radius 1 is 1.15 bits per heavy atom. The first-order chi connectivity index (χ1) is 13.0. The number of halogens is 1. The first kappa shape index (κ1) is 18.9. The number of nitrogens with zero attached hydrogens (tertiary/aromatic N) is 3. The van der Waals surface area contributed by atoms with Gasteiger partial charge in [0, 0.05) is 12.7 Å². The summed E-state index contributed by atoms with van der Waals surface area (Å²) in [7, 11) is 1.81. The molecule has 140 valence electrons. The van der Waals surface area contributed by atoms with Gasteiger partial charge in [0.25, 0.3) is 0 Å². The number of nitrogens with one attached hydrogen (secondary N) is 1. The van der Waals surface area contributed by atoms with E-state index >= 15 is 0 Å². The number of ether oxygens (including phenoxy) is 1. The Kier molecular flexibility index (Phi) is 6.08. The molecule has 1 amide bonds. The molecule has 8 heteroatoms. The molecule has 0 fully saturated rings. The number of benzene rings is 2. The van der Waals surface area contributed by atoms with E-state index in [2.05, 4.69) is 15.5 Å². The van der Waals surface area contributed by atoms with Crippen molar-refractivity contribution in [2.45, 2.75) is 18.7 Å². The molecule has 27 heavy (non-hydrogen) atoms. The van der Waals surface area contributed by atoms with Crippen LogP contribution in [0.5, 0.6) is 5.75 Å². The maximum Gasteiger partial charge on any atom is 0.234 e. The van der Waals surface area contributed by atoms with Crippen molar-refractivity contribution < 1.29 is 13.9 Å². The SMILES string of the molecule is Cc1ccc(NC(=O)CSc2nnc(COc3ccc(F)cc3)n2C)cc1. The Balaban J connectivity index is 1.51. The van der Waals surface area contributed by atoms with Gasteiger partial charge in [0.15, 0.2) is 11.0 Å². The lowest BCUT2D eigenvalue weighted by atomic mass is 10.2. The molecular weight excluding hydrogens is 367 g/mol. The van der Waals surface area contributed by atoms with Crippen LogP contribution in [-0.2, 0) is 18.4 Å². The summed E-state index contributed by atoms with van der Waals surface area (Å²) in [4.78, 5) is 12.1. The van der Waals surface area contributed by atoms with Gasteiger partial charge in [-0.2, -0.15) is 0 Å². The van der Waals surface area contributed by atoms with Gasteiger partial charge in [0.1, 0.15) is 18.2 Å². The van der Waals surface area contributed by atoms with E-state index in [4.69, 9.17) is 4.74 Å². The van der Waals surface area contributed by atoms with E-state index in [0.717, 1.165) is 11.3 Å². The normalized spacial score (nSPS) is 10.6. The van der Waals surface area contributed by atoms with Crippen LogP contribution in [0, 0.1) is 12.7 Å². The molecular formula is C19H19FN4O2S. The van der Waals surface area contributed by atoms with Crippen LogP contribution in [0.4, 0.5) is 10.1 Å². The van der Waals surface area contributed by atoms with Gasteiger partial charge in [0.05, 0.1) is 5.75 Å². The zero-order chi connectivity index (χ0) is 19.2. The molecule has 3 aromatic rings. The largest absolute Gasteiger partial charge is 0.486 e. The van der Waals surface area contributed by atoms with Gasteiger partial charge in [-0.1, -0.05) is 29.5 Å². The highest BCUT2D eigenvalue weighted by molar-refractivity contribution is 7.99. The predicted molar refractivity (Wildman–Crippen MR) is 102 cm³/mol. The van der Waals surface area contributed by atoms with E-state index < -0.39 is 0 Å². The Labute approximate surface area is 160 Å². The maximum absolute atomic E-state index is 12.9. The van der Waals surface area contributed by atoms with Crippen molar-refractivity contribution in [1.82, 2.24) is 14.8 Å². The highest BCUT2D eigenvalue weighted by Gasteiger charge is 2.12. The number of rotatable bonds is 7. The highest BCUT2D eigenvalue weighted by atomic mass is 32.2. The first-order valence-corrected chi connectivity index (χ1v) is 9.26. The van der Waals surface area contributed by atoms with E-state index in [0.29, 0.717) is 16.7 Å². The van der Waals surface area contributed by atoms with Crippen molar-refractivity contribution >= 4 is 23.4 Å². The molecule has 1 heterocycles. The van der Waals surface area contributed by atoms with Gasteiger partial charge in [0.2, 0.25) is 5.91 Å². The fourth-order valence-electron chi connectivity index (χ4n) is 2.24. The van der Waals surface area contributed by atoms with E-state index in [1.807, 2.05) is 38.2 Å². The molecule has 0 saturated carbocycles. The summed E-state index contributed by atoms with van der Waals surface area (Å²) < 4.78 is 20.3. The Bertz CT molecular complexity index is 910. The summed E-state index contributed by atoms with van der Waals surface area (Å²) in [5.41, 5.74) is 1.90. The zero-order valence-electron chi connectivity index (χ0n) is 15.0. The van der Waals surface area contributed by atoms with E-state index in [9.17, 15) is 9.18 Å². The van der Waals surface area contributed by atoms with Gasteiger partial charge in [-0.05, 0) is 43.3 Å². The molecule has 1 N–H and O–H groups in total. The van der Waals surface area contributed by atoms with Crippen molar-refractivity contribution in [3.8, 4) is 5.75 Å². The van der Waals surface area contributed by atoms with Crippen molar-refractivity contribution in [3.63, 3.8) is 0 Å². The number of thioether (sulfide) groups is 1. The molecule has 6 nitrogen and oxygen atoms in total. The molecule has 0 radical (unpaired) electrons. The van der Waals surface area contributed by atoms with Crippen LogP contribution < -0.4 is 10.1 Å². The predicted octanol–water partition coefficient (Wildman–Crippen LogP) is 3.57. The third kappa shape index (κ3) is 5.30. The first-order valence-electron chi connectivity index (χ1n) is 8.27. The number of aryl methyl sites for hydroxylation is 1. The molecule has 0 aliphatic rings. The molecule has 1 aromatic heterocycles. The molecule has 0 saturated heterocycles.